The standard InChI is InChI=1S/C14H24N4OS/c1-10-13(20-11(2)17-10)7-16-14(15-3)18(4)8-12-5-6-19-9-12/h12H,5-9H2,1-4H3,(H,15,16). The highest BCUT2D eigenvalue weighted by Crippen LogP contribution is 2.17. The van der Waals surface area contributed by atoms with Crippen LogP contribution in [-0.4, -0.2) is 49.7 Å². The molecule has 5 nitrogen and oxygen atoms in total. The number of ether oxygens (including phenoxy) is 1. The van der Waals surface area contributed by atoms with Crippen molar-refractivity contribution in [2.45, 2.75) is 26.8 Å². The lowest BCUT2D eigenvalue weighted by molar-refractivity contribution is 0.181. The van der Waals surface area contributed by atoms with Gasteiger partial charge < -0.3 is 15.0 Å². The number of hydrogen-bond donors (Lipinski definition) is 1. The molecule has 6 heteroatoms. The third-order valence-electron chi connectivity index (χ3n) is 3.54. The molecule has 1 fully saturated rings. The minimum atomic E-state index is 0.617. The van der Waals surface area contributed by atoms with Crippen molar-refractivity contribution >= 4 is 17.3 Å². The molecule has 20 heavy (non-hydrogen) atoms. The van der Waals surface area contributed by atoms with Crippen LogP contribution in [0.15, 0.2) is 4.99 Å². The lowest BCUT2D eigenvalue weighted by Crippen LogP contribution is -2.41. The van der Waals surface area contributed by atoms with Gasteiger partial charge in [0.05, 0.1) is 23.9 Å². The Morgan fingerprint density at radius 1 is 1.55 bits per heavy atom. The largest absolute Gasteiger partial charge is 0.381 e. The van der Waals surface area contributed by atoms with Gasteiger partial charge in [0.2, 0.25) is 0 Å². The monoisotopic (exact) mass is 296 g/mol. The second-order valence-corrected chi connectivity index (χ2v) is 6.54. The van der Waals surface area contributed by atoms with Crippen molar-refractivity contribution in [2.75, 3.05) is 33.9 Å². The summed E-state index contributed by atoms with van der Waals surface area (Å²) in [4.78, 5) is 12.3. The number of nitrogens with zero attached hydrogens (tertiary/aromatic N) is 3. The van der Waals surface area contributed by atoms with Crippen molar-refractivity contribution in [1.82, 2.24) is 15.2 Å². The quantitative estimate of drug-likeness (QED) is 0.680. The van der Waals surface area contributed by atoms with Crippen LogP contribution >= 0.6 is 11.3 Å². The normalized spacial score (nSPS) is 19.4. The first-order valence-corrected chi connectivity index (χ1v) is 7.84. The molecular formula is C14H24N4OS. The SMILES string of the molecule is CN=C(NCc1sc(C)nc1C)N(C)CC1CCOC1. The second kappa shape index (κ2) is 7.04. The van der Waals surface area contributed by atoms with Crippen LogP contribution in [0.3, 0.4) is 0 Å². The summed E-state index contributed by atoms with van der Waals surface area (Å²) in [6.45, 7) is 7.64. The first-order chi connectivity index (χ1) is 9.60. The predicted molar refractivity (Wildman–Crippen MR) is 83.3 cm³/mol. The van der Waals surface area contributed by atoms with Crippen LogP contribution in [0.5, 0.6) is 0 Å². The van der Waals surface area contributed by atoms with Crippen LogP contribution in [0, 0.1) is 19.8 Å². The molecule has 1 aromatic rings. The van der Waals surface area contributed by atoms with Crippen molar-refractivity contribution in [3.63, 3.8) is 0 Å². The van der Waals surface area contributed by atoms with Gasteiger partial charge in [0.15, 0.2) is 5.96 Å². The van der Waals surface area contributed by atoms with E-state index in [-0.39, 0.29) is 0 Å². The molecular weight excluding hydrogens is 272 g/mol. The highest BCUT2D eigenvalue weighted by molar-refractivity contribution is 7.11. The second-order valence-electron chi connectivity index (χ2n) is 5.25. The lowest BCUT2D eigenvalue weighted by Gasteiger charge is -2.24. The molecule has 0 amide bonds. The van der Waals surface area contributed by atoms with E-state index in [0.29, 0.717) is 5.92 Å². The molecule has 0 aliphatic carbocycles. The van der Waals surface area contributed by atoms with Crippen molar-refractivity contribution in [2.24, 2.45) is 10.9 Å². The fourth-order valence-corrected chi connectivity index (χ4v) is 3.36. The van der Waals surface area contributed by atoms with Gasteiger partial charge in [-0.1, -0.05) is 0 Å². The topological polar surface area (TPSA) is 49.8 Å². The highest BCUT2D eigenvalue weighted by Gasteiger charge is 2.19. The summed E-state index contributed by atoms with van der Waals surface area (Å²) < 4.78 is 5.43. The fourth-order valence-electron chi connectivity index (χ4n) is 2.48. The minimum absolute atomic E-state index is 0.617. The van der Waals surface area contributed by atoms with Gasteiger partial charge in [0.25, 0.3) is 0 Å². The number of guanidine groups is 1. The van der Waals surface area contributed by atoms with Gasteiger partial charge in [0, 0.05) is 38.0 Å². The number of aliphatic imine (C=N–C) groups is 1. The van der Waals surface area contributed by atoms with Crippen LogP contribution in [0.2, 0.25) is 0 Å². The van der Waals surface area contributed by atoms with E-state index in [4.69, 9.17) is 4.74 Å². The molecule has 0 spiro atoms. The van der Waals surface area contributed by atoms with E-state index < -0.39 is 0 Å². The van der Waals surface area contributed by atoms with Crippen LogP contribution in [0.25, 0.3) is 0 Å². The van der Waals surface area contributed by atoms with Gasteiger partial charge in [-0.05, 0) is 20.3 Å². The Morgan fingerprint density at radius 3 is 2.90 bits per heavy atom. The summed E-state index contributed by atoms with van der Waals surface area (Å²) in [5.74, 6) is 1.55. The summed E-state index contributed by atoms with van der Waals surface area (Å²) in [6, 6.07) is 0. The average molecular weight is 296 g/mol. The average Bonchev–Trinajstić information content (AvgIpc) is 3.00. The van der Waals surface area contributed by atoms with E-state index in [9.17, 15) is 0 Å². The molecule has 1 aliphatic heterocycles. The summed E-state index contributed by atoms with van der Waals surface area (Å²) in [5, 5.41) is 4.54. The lowest BCUT2D eigenvalue weighted by atomic mass is 10.1. The van der Waals surface area contributed by atoms with Crippen molar-refractivity contribution in [1.29, 1.82) is 0 Å². The fraction of sp³-hybridized carbons (Fsp3) is 0.714. The van der Waals surface area contributed by atoms with Crippen LogP contribution < -0.4 is 5.32 Å². The van der Waals surface area contributed by atoms with E-state index >= 15 is 0 Å². The molecule has 0 radical (unpaired) electrons. The highest BCUT2D eigenvalue weighted by atomic mass is 32.1. The van der Waals surface area contributed by atoms with Gasteiger partial charge in [0.1, 0.15) is 0 Å². The summed E-state index contributed by atoms with van der Waals surface area (Å²) in [7, 11) is 3.91. The van der Waals surface area contributed by atoms with E-state index in [1.54, 1.807) is 11.3 Å². The molecule has 112 valence electrons. The predicted octanol–water partition coefficient (Wildman–Crippen LogP) is 1.80. The molecule has 2 rings (SSSR count). The molecule has 2 heterocycles. The van der Waals surface area contributed by atoms with Gasteiger partial charge in [-0.3, -0.25) is 4.99 Å². The molecule has 1 atom stereocenters. The molecule has 0 saturated carbocycles. The Morgan fingerprint density at radius 2 is 2.35 bits per heavy atom. The molecule has 0 aromatic carbocycles. The Balaban J connectivity index is 1.86. The summed E-state index contributed by atoms with van der Waals surface area (Å²) >= 11 is 1.74. The zero-order valence-electron chi connectivity index (χ0n) is 12.8. The molecule has 1 unspecified atom stereocenters. The van der Waals surface area contributed by atoms with Crippen LogP contribution in [0.1, 0.15) is 22.0 Å². The zero-order chi connectivity index (χ0) is 14.5. The van der Waals surface area contributed by atoms with E-state index in [2.05, 4.69) is 34.2 Å². The molecule has 1 N–H and O–H groups in total. The first-order valence-electron chi connectivity index (χ1n) is 7.02. The third kappa shape index (κ3) is 3.93. The summed E-state index contributed by atoms with van der Waals surface area (Å²) in [5.41, 5.74) is 1.11. The van der Waals surface area contributed by atoms with E-state index in [0.717, 1.165) is 49.4 Å². The Labute approximate surface area is 125 Å². The number of aromatic nitrogens is 1. The Bertz CT molecular complexity index is 466. The Hall–Kier alpha value is -1.14. The maximum atomic E-state index is 5.43. The maximum Gasteiger partial charge on any atom is 0.193 e. The maximum absolute atomic E-state index is 5.43. The number of rotatable bonds is 4. The van der Waals surface area contributed by atoms with Crippen molar-refractivity contribution in [3.8, 4) is 0 Å². The van der Waals surface area contributed by atoms with Gasteiger partial charge in [-0.2, -0.15) is 0 Å². The molecule has 1 aromatic heterocycles. The van der Waals surface area contributed by atoms with E-state index in [1.165, 1.54) is 4.88 Å². The number of hydrogen-bond acceptors (Lipinski definition) is 4. The van der Waals surface area contributed by atoms with Crippen LogP contribution in [-0.2, 0) is 11.3 Å². The molecule has 1 saturated heterocycles. The van der Waals surface area contributed by atoms with Crippen molar-refractivity contribution in [3.05, 3.63) is 15.6 Å². The van der Waals surface area contributed by atoms with E-state index in [1.807, 2.05) is 14.0 Å². The molecule has 1 aliphatic rings. The van der Waals surface area contributed by atoms with Crippen LogP contribution in [0.4, 0.5) is 0 Å². The number of thiazole rings is 1. The minimum Gasteiger partial charge on any atom is -0.381 e. The molecule has 0 bridgehead atoms. The summed E-state index contributed by atoms with van der Waals surface area (Å²) in [6.07, 6.45) is 1.15. The number of aryl methyl sites for hydroxylation is 2. The smallest absolute Gasteiger partial charge is 0.193 e. The van der Waals surface area contributed by atoms with Gasteiger partial charge >= 0.3 is 0 Å². The Kier molecular flexibility index (Phi) is 5.37. The zero-order valence-corrected chi connectivity index (χ0v) is 13.6. The number of nitrogens with one attached hydrogen (secondary N) is 1. The van der Waals surface area contributed by atoms with Gasteiger partial charge in [-0.15, -0.1) is 11.3 Å². The third-order valence-corrected chi connectivity index (χ3v) is 4.61. The van der Waals surface area contributed by atoms with Gasteiger partial charge in [-0.25, -0.2) is 4.98 Å². The van der Waals surface area contributed by atoms with Crippen molar-refractivity contribution < 1.29 is 4.74 Å². The first kappa shape index (κ1) is 15.3.